The Labute approximate surface area is 264 Å². The first-order valence-corrected chi connectivity index (χ1v) is 16.7. The molecule has 3 heterocycles. The van der Waals surface area contributed by atoms with Gasteiger partial charge in [0.25, 0.3) is 5.91 Å². The number of nitrogens with one attached hydrogen (secondary N) is 3. The zero-order valence-electron chi connectivity index (χ0n) is 26.5. The highest BCUT2D eigenvalue weighted by Crippen LogP contribution is 2.41. The normalized spacial score (nSPS) is 23.2. The number of aryl methyl sites for hydroxylation is 1. The van der Waals surface area contributed by atoms with Gasteiger partial charge in [-0.05, 0) is 75.1 Å². The molecule has 1 saturated carbocycles. The minimum absolute atomic E-state index is 0.0357. The number of rotatable bonds is 10. The van der Waals surface area contributed by atoms with Crippen LogP contribution in [0.25, 0.3) is 10.4 Å². The number of nitrogens with zero attached hydrogens (tertiary/aromatic N) is 2. The van der Waals surface area contributed by atoms with Crippen molar-refractivity contribution in [3.8, 4) is 10.4 Å². The first-order valence-electron chi connectivity index (χ1n) is 15.8. The molecule has 3 fully saturated rings. The average molecular weight is 626 g/mol. The highest BCUT2D eigenvalue weighted by Gasteiger charge is 2.54. The Kier molecular flexibility index (Phi) is 9.79. The predicted octanol–water partition coefficient (Wildman–Crippen LogP) is 3.34. The summed E-state index contributed by atoms with van der Waals surface area (Å²) in [6.45, 7) is 12.1. The number of aliphatic hydroxyl groups is 1. The summed E-state index contributed by atoms with van der Waals surface area (Å²) in [4.78, 5) is 48.0. The Morgan fingerprint density at radius 1 is 1.16 bits per heavy atom. The summed E-state index contributed by atoms with van der Waals surface area (Å²) in [5.74, 6) is -0.540. The standard InChI is InChI=1S/C33H47N5O5S/c1-20(23-6-8-24(9-7-23)27-21(2)35-19-44-27)36-29(40)26-16-25(39)17-38(26)30(41)28(32(3,4)5)37-31(42)33(12-13-33)43-18-22-10-14-34-15-11-22/h6-9,19-20,22,25-26,28,34,39H,10-18H2,1-5H3,(H,36,40)(H,37,42)/t20-,25+,26-,28+/m0/s1. The maximum atomic E-state index is 14.0. The third-order valence-corrected chi connectivity index (χ3v) is 10.2. The lowest BCUT2D eigenvalue weighted by atomic mass is 9.85. The van der Waals surface area contributed by atoms with Crippen molar-refractivity contribution in [2.24, 2.45) is 11.3 Å². The van der Waals surface area contributed by atoms with Crippen molar-refractivity contribution in [2.45, 2.75) is 96.6 Å². The molecule has 3 aliphatic rings. The molecule has 11 heteroatoms. The lowest BCUT2D eigenvalue weighted by Crippen LogP contribution is -2.59. The predicted molar refractivity (Wildman–Crippen MR) is 170 cm³/mol. The lowest BCUT2D eigenvalue weighted by molar-refractivity contribution is -0.147. The van der Waals surface area contributed by atoms with Gasteiger partial charge in [-0.25, -0.2) is 4.98 Å². The number of carbonyl (C=O) groups excluding carboxylic acids is 3. The molecule has 3 amide bonds. The van der Waals surface area contributed by atoms with Gasteiger partial charge in [-0.2, -0.15) is 0 Å². The molecule has 2 saturated heterocycles. The number of β-amino-alcohol motifs (C(OH)–C–C–N with tert-alkyl or cyclic N) is 1. The van der Waals surface area contributed by atoms with Crippen LogP contribution in [0.3, 0.4) is 0 Å². The summed E-state index contributed by atoms with van der Waals surface area (Å²) >= 11 is 1.59. The van der Waals surface area contributed by atoms with Crippen LogP contribution < -0.4 is 16.0 Å². The van der Waals surface area contributed by atoms with E-state index in [-0.39, 0.29) is 36.7 Å². The van der Waals surface area contributed by atoms with Gasteiger partial charge in [0.15, 0.2) is 0 Å². The van der Waals surface area contributed by atoms with E-state index in [4.69, 9.17) is 4.74 Å². The number of amides is 3. The first kappa shape index (κ1) is 32.5. The van der Waals surface area contributed by atoms with Crippen molar-refractivity contribution in [2.75, 3.05) is 26.2 Å². The molecule has 44 heavy (non-hydrogen) atoms. The number of benzene rings is 1. The van der Waals surface area contributed by atoms with Crippen molar-refractivity contribution in [1.82, 2.24) is 25.8 Å². The first-order chi connectivity index (χ1) is 20.9. The second kappa shape index (κ2) is 13.2. The number of ether oxygens (including phenoxy) is 1. The van der Waals surface area contributed by atoms with E-state index >= 15 is 0 Å². The third-order valence-electron chi connectivity index (χ3n) is 9.20. The molecule has 1 aromatic carbocycles. The van der Waals surface area contributed by atoms with Gasteiger partial charge in [-0.1, -0.05) is 45.0 Å². The van der Waals surface area contributed by atoms with Crippen molar-refractivity contribution < 1.29 is 24.2 Å². The molecule has 4 N–H and O–H groups in total. The molecule has 2 aromatic rings. The summed E-state index contributed by atoms with van der Waals surface area (Å²) in [6, 6.07) is 5.98. The summed E-state index contributed by atoms with van der Waals surface area (Å²) in [6.07, 6.45) is 2.62. The highest BCUT2D eigenvalue weighted by molar-refractivity contribution is 7.13. The Hall–Kier alpha value is -2.86. The third kappa shape index (κ3) is 7.33. The molecule has 0 radical (unpaired) electrons. The Morgan fingerprint density at radius 3 is 2.43 bits per heavy atom. The van der Waals surface area contributed by atoms with Crippen LogP contribution >= 0.6 is 11.3 Å². The van der Waals surface area contributed by atoms with E-state index in [0.717, 1.165) is 47.6 Å². The molecule has 4 atom stereocenters. The minimum Gasteiger partial charge on any atom is -0.391 e. The second-order valence-corrected chi connectivity index (χ2v) is 14.6. The topological polar surface area (TPSA) is 133 Å². The van der Waals surface area contributed by atoms with Crippen molar-refractivity contribution in [1.29, 1.82) is 0 Å². The van der Waals surface area contributed by atoms with E-state index in [0.29, 0.717) is 25.4 Å². The Bertz CT molecular complexity index is 1330. The largest absolute Gasteiger partial charge is 0.391 e. The van der Waals surface area contributed by atoms with E-state index in [1.165, 1.54) is 4.90 Å². The molecule has 0 spiro atoms. The number of hydrogen-bond donors (Lipinski definition) is 4. The number of hydrogen-bond acceptors (Lipinski definition) is 8. The van der Waals surface area contributed by atoms with Crippen LogP contribution in [0, 0.1) is 18.3 Å². The Balaban J connectivity index is 1.23. The van der Waals surface area contributed by atoms with Crippen LogP contribution in [0.2, 0.25) is 0 Å². The average Bonchev–Trinajstić information content (AvgIpc) is 3.51. The van der Waals surface area contributed by atoms with E-state index in [2.05, 4.69) is 20.9 Å². The number of piperidine rings is 1. The molecule has 1 aliphatic carbocycles. The van der Waals surface area contributed by atoms with E-state index in [1.807, 2.05) is 64.4 Å². The monoisotopic (exact) mass is 625 g/mol. The molecule has 10 nitrogen and oxygen atoms in total. The van der Waals surface area contributed by atoms with Crippen molar-refractivity contribution in [3.63, 3.8) is 0 Å². The fourth-order valence-electron chi connectivity index (χ4n) is 6.15. The molecular formula is C33H47N5O5S. The fourth-order valence-corrected chi connectivity index (χ4v) is 6.97. The van der Waals surface area contributed by atoms with Gasteiger partial charge in [0.2, 0.25) is 11.8 Å². The van der Waals surface area contributed by atoms with Gasteiger partial charge in [0, 0.05) is 13.0 Å². The van der Waals surface area contributed by atoms with Crippen LogP contribution in [0.4, 0.5) is 0 Å². The number of aliphatic hydroxyl groups excluding tert-OH is 1. The lowest BCUT2D eigenvalue weighted by Gasteiger charge is -2.36. The highest BCUT2D eigenvalue weighted by atomic mass is 32.1. The van der Waals surface area contributed by atoms with Gasteiger partial charge in [0.1, 0.15) is 17.7 Å². The smallest absolute Gasteiger partial charge is 0.252 e. The summed E-state index contributed by atoms with van der Waals surface area (Å²) in [7, 11) is 0. The van der Waals surface area contributed by atoms with Gasteiger partial charge in [-0.3, -0.25) is 14.4 Å². The minimum atomic E-state index is -0.889. The van der Waals surface area contributed by atoms with Gasteiger partial charge in [0.05, 0.1) is 34.8 Å². The zero-order valence-corrected chi connectivity index (χ0v) is 27.3. The quantitative estimate of drug-likeness (QED) is 0.318. The number of carbonyl (C=O) groups is 3. The van der Waals surface area contributed by atoms with Crippen LogP contribution in [-0.2, 0) is 19.1 Å². The summed E-state index contributed by atoms with van der Waals surface area (Å²) in [5, 5.41) is 20.0. The van der Waals surface area contributed by atoms with Gasteiger partial charge < -0.3 is 30.7 Å². The van der Waals surface area contributed by atoms with Gasteiger partial charge in [-0.15, -0.1) is 11.3 Å². The van der Waals surface area contributed by atoms with Crippen molar-refractivity contribution >= 4 is 29.1 Å². The molecular weight excluding hydrogens is 578 g/mol. The summed E-state index contributed by atoms with van der Waals surface area (Å²) in [5.41, 5.74) is 3.30. The number of thiazole rings is 1. The number of likely N-dealkylation sites (tertiary alicyclic amines) is 1. The second-order valence-electron chi connectivity index (χ2n) is 13.8. The van der Waals surface area contributed by atoms with Crippen LogP contribution in [0.15, 0.2) is 29.8 Å². The van der Waals surface area contributed by atoms with Crippen LogP contribution in [-0.4, -0.2) is 82.7 Å². The molecule has 2 aliphatic heterocycles. The fraction of sp³-hybridized carbons (Fsp3) is 0.636. The zero-order chi connectivity index (χ0) is 31.6. The van der Waals surface area contributed by atoms with E-state index in [1.54, 1.807) is 11.3 Å². The van der Waals surface area contributed by atoms with Gasteiger partial charge >= 0.3 is 0 Å². The SMILES string of the molecule is Cc1ncsc1-c1ccc([C@H](C)NC(=O)[C@@H]2C[C@@H](O)CN2C(=O)[C@@H](NC(=O)C2(OCC3CCNCC3)CC2)C(C)(C)C)cc1. The maximum absolute atomic E-state index is 14.0. The van der Waals surface area contributed by atoms with E-state index in [9.17, 15) is 19.5 Å². The molecule has 0 bridgehead atoms. The number of aromatic nitrogens is 1. The van der Waals surface area contributed by atoms with Crippen LogP contribution in [0.1, 0.15) is 77.1 Å². The van der Waals surface area contributed by atoms with E-state index < -0.39 is 29.2 Å². The molecule has 0 unspecified atom stereocenters. The maximum Gasteiger partial charge on any atom is 0.252 e. The summed E-state index contributed by atoms with van der Waals surface area (Å²) < 4.78 is 6.19. The van der Waals surface area contributed by atoms with Crippen LogP contribution in [0.5, 0.6) is 0 Å². The molecule has 1 aromatic heterocycles. The molecule has 5 rings (SSSR count). The molecule has 240 valence electrons. The Morgan fingerprint density at radius 2 is 1.84 bits per heavy atom. The van der Waals surface area contributed by atoms with Crippen molar-refractivity contribution in [3.05, 3.63) is 41.0 Å².